The number of rotatable bonds is 3. The molecule has 0 radical (unpaired) electrons. The number of hydrogen-bond acceptors (Lipinski definition) is 2. The molecule has 0 aromatic rings. The highest BCUT2D eigenvalue weighted by Crippen LogP contribution is 2.17. The molecule has 1 aliphatic rings. The van der Waals surface area contributed by atoms with E-state index in [4.69, 9.17) is 16.9 Å². The van der Waals surface area contributed by atoms with Gasteiger partial charge in [0.05, 0.1) is 6.10 Å². The van der Waals surface area contributed by atoms with Gasteiger partial charge in [0, 0.05) is 19.1 Å². The molecule has 0 saturated carbocycles. The summed E-state index contributed by atoms with van der Waals surface area (Å²) in [6, 6.07) is 0.123. The highest BCUT2D eigenvalue weighted by Gasteiger charge is 2.16. The lowest BCUT2D eigenvalue weighted by Gasteiger charge is -2.24. The van der Waals surface area contributed by atoms with Gasteiger partial charge in [-0.2, -0.15) is 0 Å². The minimum Gasteiger partial charge on any atom is -0.378 e. The van der Waals surface area contributed by atoms with Crippen molar-refractivity contribution in [2.24, 2.45) is 5.73 Å². The Hall–Kier alpha value is -0.520. The number of ether oxygens (including phenoxy) is 1. The Bertz CT molecular complexity index is 156. The molecular weight excluding hydrogens is 150 g/mol. The van der Waals surface area contributed by atoms with Crippen LogP contribution in [0.1, 0.15) is 32.1 Å². The molecule has 2 unspecified atom stereocenters. The van der Waals surface area contributed by atoms with Crippen LogP contribution in [0.15, 0.2) is 0 Å². The van der Waals surface area contributed by atoms with E-state index in [1.807, 2.05) is 0 Å². The molecule has 12 heavy (non-hydrogen) atoms. The summed E-state index contributed by atoms with van der Waals surface area (Å²) in [7, 11) is 0. The predicted molar refractivity (Wildman–Crippen MR) is 49.6 cm³/mol. The third-order valence-corrected chi connectivity index (χ3v) is 2.22. The Morgan fingerprint density at radius 3 is 3.00 bits per heavy atom. The van der Waals surface area contributed by atoms with Crippen LogP contribution in [-0.2, 0) is 4.74 Å². The first-order chi connectivity index (χ1) is 5.83. The Morgan fingerprint density at radius 2 is 2.42 bits per heavy atom. The zero-order valence-electron chi connectivity index (χ0n) is 7.46. The lowest BCUT2D eigenvalue weighted by atomic mass is 10.0. The molecule has 1 heterocycles. The van der Waals surface area contributed by atoms with Gasteiger partial charge in [0.2, 0.25) is 0 Å². The summed E-state index contributed by atoms with van der Waals surface area (Å²) in [6.07, 6.45) is 10.7. The van der Waals surface area contributed by atoms with Gasteiger partial charge in [-0.1, -0.05) is 0 Å². The maximum atomic E-state index is 5.79. The van der Waals surface area contributed by atoms with Crippen molar-refractivity contribution < 1.29 is 4.74 Å². The molecule has 2 atom stereocenters. The molecule has 2 nitrogen and oxygen atoms in total. The van der Waals surface area contributed by atoms with E-state index in [1.54, 1.807) is 0 Å². The van der Waals surface area contributed by atoms with Gasteiger partial charge in [0.25, 0.3) is 0 Å². The van der Waals surface area contributed by atoms with Crippen molar-refractivity contribution >= 4 is 0 Å². The van der Waals surface area contributed by atoms with Gasteiger partial charge >= 0.3 is 0 Å². The van der Waals surface area contributed by atoms with Crippen molar-refractivity contribution in [1.82, 2.24) is 0 Å². The molecule has 2 heteroatoms. The third-order valence-electron chi connectivity index (χ3n) is 2.22. The molecule has 2 N–H and O–H groups in total. The maximum Gasteiger partial charge on any atom is 0.0590 e. The van der Waals surface area contributed by atoms with Crippen LogP contribution in [0.5, 0.6) is 0 Å². The highest BCUT2D eigenvalue weighted by atomic mass is 16.5. The minimum absolute atomic E-state index is 0.123. The van der Waals surface area contributed by atoms with Crippen molar-refractivity contribution in [3.63, 3.8) is 0 Å². The van der Waals surface area contributed by atoms with Crippen molar-refractivity contribution in [2.75, 3.05) is 6.61 Å². The molecule has 1 fully saturated rings. The predicted octanol–water partition coefficient (Wildman–Crippen LogP) is 1.30. The molecule has 1 aliphatic heterocycles. The Morgan fingerprint density at radius 1 is 1.58 bits per heavy atom. The van der Waals surface area contributed by atoms with Crippen LogP contribution in [0.4, 0.5) is 0 Å². The van der Waals surface area contributed by atoms with E-state index in [-0.39, 0.29) is 6.04 Å². The monoisotopic (exact) mass is 167 g/mol. The summed E-state index contributed by atoms with van der Waals surface area (Å²) in [5, 5.41) is 0. The molecule has 0 spiro atoms. The summed E-state index contributed by atoms with van der Waals surface area (Å²) in [6.45, 7) is 0.896. The average molecular weight is 167 g/mol. The second-order valence-electron chi connectivity index (χ2n) is 3.39. The molecule has 1 rings (SSSR count). The Labute approximate surface area is 74.5 Å². The van der Waals surface area contributed by atoms with Crippen molar-refractivity contribution in [2.45, 2.75) is 44.2 Å². The van der Waals surface area contributed by atoms with Crippen LogP contribution in [-0.4, -0.2) is 18.8 Å². The fraction of sp³-hybridized carbons (Fsp3) is 0.800. The number of hydrogen-bond donors (Lipinski definition) is 1. The van der Waals surface area contributed by atoms with E-state index in [2.05, 4.69) is 5.92 Å². The topological polar surface area (TPSA) is 35.2 Å². The fourth-order valence-corrected chi connectivity index (χ4v) is 1.57. The van der Waals surface area contributed by atoms with Crippen LogP contribution in [0.2, 0.25) is 0 Å². The molecule has 0 aromatic carbocycles. The zero-order valence-corrected chi connectivity index (χ0v) is 7.46. The fourth-order valence-electron chi connectivity index (χ4n) is 1.57. The van der Waals surface area contributed by atoms with Crippen LogP contribution >= 0.6 is 0 Å². The summed E-state index contributed by atoms with van der Waals surface area (Å²) in [5.74, 6) is 2.58. The first-order valence-corrected chi connectivity index (χ1v) is 4.63. The standard InChI is InChI=1S/C10H17NO/c1-2-5-9(11)8-10-6-3-4-7-12-10/h1,9-10H,3-8,11H2. The molecule has 68 valence electrons. The normalized spacial score (nSPS) is 26.2. The van der Waals surface area contributed by atoms with Crippen LogP contribution in [0.25, 0.3) is 0 Å². The smallest absolute Gasteiger partial charge is 0.0590 e. The Kier molecular flexibility index (Phi) is 4.13. The van der Waals surface area contributed by atoms with Crippen LogP contribution < -0.4 is 5.73 Å². The second-order valence-corrected chi connectivity index (χ2v) is 3.39. The van der Waals surface area contributed by atoms with E-state index in [0.29, 0.717) is 12.5 Å². The van der Waals surface area contributed by atoms with Crippen molar-refractivity contribution in [3.8, 4) is 12.3 Å². The molecular formula is C10H17NO. The SMILES string of the molecule is C#CCC(N)CC1CCCCO1. The Balaban J connectivity index is 2.16. The maximum absolute atomic E-state index is 5.79. The van der Waals surface area contributed by atoms with Crippen molar-refractivity contribution in [1.29, 1.82) is 0 Å². The van der Waals surface area contributed by atoms with E-state index in [1.165, 1.54) is 12.8 Å². The third kappa shape index (κ3) is 3.25. The highest BCUT2D eigenvalue weighted by molar-refractivity contribution is 4.89. The number of nitrogens with two attached hydrogens (primary N) is 1. The van der Waals surface area contributed by atoms with Crippen molar-refractivity contribution in [3.05, 3.63) is 0 Å². The van der Waals surface area contributed by atoms with Gasteiger partial charge in [-0.25, -0.2) is 0 Å². The lowest BCUT2D eigenvalue weighted by Crippen LogP contribution is -2.29. The van der Waals surface area contributed by atoms with Gasteiger partial charge in [0.15, 0.2) is 0 Å². The van der Waals surface area contributed by atoms with E-state index in [0.717, 1.165) is 19.4 Å². The molecule has 0 aromatic heterocycles. The minimum atomic E-state index is 0.123. The summed E-state index contributed by atoms with van der Waals surface area (Å²) in [5.41, 5.74) is 5.79. The van der Waals surface area contributed by atoms with Gasteiger partial charge in [-0.3, -0.25) is 0 Å². The molecule has 0 aliphatic carbocycles. The second kappa shape index (κ2) is 5.18. The van der Waals surface area contributed by atoms with Gasteiger partial charge < -0.3 is 10.5 Å². The first-order valence-electron chi connectivity index (χ1n) is 4.63. The average Bonchev–Trinajstić information content (AvgIpc) is 2.06. The number of terminal acetylenes is 1. The van der Waals surface area contributed by atoms with E-state index < -0.39 is 0 Å². The van der Waals surface area contributed by atoms with Gasteiger partial charge in [0.1, 0.15) is 0 Å². The first kappa shape index (κ1) is 9.57. The summed E-state index contributed by atoms with van der Waals surface area (Å²) in [4.78, 5) is 0. The zero-order chi connectivity index (χ0) is 8.81. The summed E-state index contributed by atoms with van der Waals surface area (Å²) < 4.78 is 5.55. The lowest BCUT2D eigenvalue weighted by molar-refractivity contribution is 0.00770. The summed E-state index contributed by atoms with van der Waals surface area (Å²) >= 11 is 0. The molecule has 1 saturated heterocycles. The largest absolute Gasteiger partial charge is 0.378 e. The van der Waals surface area contributed by atoms with Crippen LogP contribution in [0.3, 0.4) is 0 Å². The molecule has 0 amide bonds. The van der Waals surface area contributed by atoms with Gasteiger partial charge in [-0.05, 0) is 25.7 Å². The van der Waals surface area contributed by atoms with E-state index >= 15 is 0 Å². The molecule has 0 bridgehead atoms. The van der Waals surface area contributed by atoms with E-state index in [9.17, 15) is 0 Å². The van der Waals surface area contributed by atoms with Crippen LogP contribution in [0, 0.1) is 12.3 Å². The quantitative estimate of drug-likeness (QED) is 0.643. The van der Waals surface area contributed by atoms with Gasteiger partial charge in [-0.15, -0.1) is 12.3 Å².